The number of rotatable bonds is 16. The van der Waals surface area contributed by atoms with E-state index in [4.69, 9.17) is 4.74 Å². The van der Waals surface area contributed by atoms with Crippen LogP contribution in [0.4, 0.5) is 4.79 Å². The number of carboxylic acids is 4. The minimum atomic E-state index is -1.17. The van der Waals surface area contributed by atoms with Crippen molar-refractivity contribution in [2.24, 2.45) is 23.7 Å². The first-order valence-corrected chi connectivity index (χ1v) is 17.6. The standard InChI is InChI=1S/C33H52N6O11/c40-28(34-7-8-35-33(49)50-21-26-24-3-1-22-17-23(22)2-4-25(24)26)6-5-27(32(47)48)39-15-13-37(19-30(43)44)11-9-36(18-29(41)42)10-12-38(14-16-39)20-31(45)46/h17,22,24-27H,1-16,18-21H2,(H,34,40)(H,35,49)(H,41,42)(H,43,44)(H,45,46)(H,47,48)/t22?,24-,25+,26-,27?/m0/s1. The molecule has 1 heterocycles. The van der Waals surface area contributed by atoms with E-state index in [0.29, 0.717) is 30.3 Å². The molecule has 0 aromatic heterocycles. The molecule has 1 saturated heterocycles. The molecule has 2 amide bonds. The number of aliphatic carboxylic acids is 4. The summed E-state index contributed by atoms with van der Waals surface area (Å²) in [5, 5.41) is 43.6. The first-order chi connectivity index (χ1) is 23.9. The molecule has 2 unspecified atom stereocenters. The molecule has 0 radical (unpaired) electrons. The molecule has 0 spiro atoms. The number of fused-ring (bicyclic) bond motifs is 2. The lowest BCUT2D eigenvalue weighted by molar-refractivity contribution is -0.145. The third kappa shape index (κ3) is 13.2. The second kappa shape index (κ2) is 19.0. The summed E-state index contributed by atoms with van der Waals surface area (Å²) in [4.78, 5) is 78.2. The molecule has 0 aromatic rings. The Morgan fingerprint density at radius 3 is 1.78 bits per heavy atom. The summed E-state index contributed by atoms with van der Waals surface area (Å²) < 4.78 is 5.44. The van der Waals surface area contributed by atoms with Gasteiger partial charge in [0, 0.05) is 71.9 Å². The molecule has 3 aliphatic carbocycles. The topological polar surface area (TPSA) is 230 Å². The van der Waals surface area contributed by atoms with Gasteiger partial charge >= 0.3 is 30.0 Å². The van der Waals surface area contributed by atoms with Crippen molar-refractivity contribution in [3.8, 4) is 0 Å². The van der Waals surface area contributed by atoms with Gasteiger partial charge in [0.25, 0.3) is 0 Å². The van der Waals surface area contributed by atoms with Gasteiger partial charge in [0.1, 0.15) is 6.04 Å². The zero-order valence-electron chi connectivity index (χ0n) is 28.5. The summed E-state index contributed by atoms with van der Waals surface area (Å²) in [6.07, 6.45) is 6.37. The van der Waals surface area contributed by atoms with Crippen molar-refractivity contribution >= 4 is 35.9 Å². The molecule has 0 bridgehead atoms. The number of ether oxygens (including phenoxy) is 1. The fraction of sp³-hybridized carbons (Fsp3) is 0.758. The Morgan fingerprint density at radius 2 is 1.24 bits per heavy atom. The van der Waals surface area contributed by atoms with E-state index >= 15 is 0 Å². The first kappa shape index (κ1) is 39.0. The monoisotopic (exact) mass is 708 g/mol. The number of nitrogens with zero attached hydrogens (tertiary/aromatic N) is 4. The third-order valence-electron chi connectivity index (χ3n) is 10.3. The molecule has 1 aliphatic heterocycles. The van der Waals surface area contributed by atoms with Crippen LogP contribution in [0.5, 0.6) is 0 Å². The number of hydrogen-bond acceptors (Lipinski definition) is 11. The van der Waals surface area contributed by atoms with Crippen LogP contribution in [0.25, 0.3) is 0 Å². The van der Waals surface area contributed by atoms with Crippen LogP contribution in [0.2, 0.25) is 0 Å². The molecule has 6 N–H and O–H groups in total. The van der Waals surface area contributed by atoms with Crippen LogP contribution in [0.3, 0.4) is 0 Å². The average molecular weight is 709 g/mol. The Bertz CT molecular complexity index is 1230. The van der Waals surface area contributed by atoms with E-state index in [0.717, 1.165) is 12.8 Å². The normalized spacial score (nSPS) is 25.8. The van der Waals surface area contributed by atoms with E-state index in [1.54, 1.807) is 25.2 Å². The zero-order chi connectivity index (χ0) is 36.2. The lowest BCUT2D eigenvalue weighted by Gasteiger charge is -2.35. The summed E-state index contributed by atoms with van der Waals surface area (Å²) in [5.74, 6) is -2.41. The Hall–Kier alpha value is -3.80. The van der Waals surface area contributed by atoms with Gasteiger partial charge in [-0.15, -0.1) is 0 Å². The third-order valence-corrected chi connectivity index (χ3v) is 10.3. The van der Waals surface area contributed by atoms with Crippen LogP contribution in [-0.4, -0.2) is 174 Å². The largest absolute Gasteiger partial charge is 0.480 e. The SMILES string of the molecule is O=C(O)CN1CCN(CC(=O)O)CCN(C(CCC(=O)NCCNC(=O)OC[C@@H]2[C@@H]3CCC4=CC4CC[C@@H]32)C(=O)O)CCN(CC(=O)O)CC1. The summed E-state index contributed by atoms with van der Waals surface area (Å²) in [5.41, 5.74) is 1.59. The number of amides is 2. The van der Waals surface area contributed by atoms with Crippen molar-refractivity contribution in [2.75, 3.05) is 91.7 Å². The maximum atomic E-state index is 12.6. The number of carbonyl (C=O) groups is 6. The molecule has 4 aliphatic rings. The predicted molar refractivity (Wildman–Crippen MR) is 177 cm³/mol. The second-order valence-electron chi connectivity index (χ2n) is 13.8. The Morgan fingerprint density at radius 1 is 0.720 bits per heavy atom. The lowest BCUT2D eigenvalue weighted by atomic mass is 10.0. The van der Waals surface area contributed by atoms with Gasteiger partial charge in [-0.1, -0.05) is 11.6 Å². The Balaban J connectivity index is 1.22. The molecule has 17 heteroatoms. The van der Waals surface area contributed by atoms with Crippen LogP contribution in [0.15, 0.2) is 11.6 Å². The zero-order valence-corrected chi connectivity index (χ0v) is 28.5. The van der Waals surface area contributed by atoms with Gasteiger partial charge < -0.3 is 35.8 Å². The highest BCUT2D eigenvalue weighted by atomic mass is 16.5. The highest BCUT2D eigenvalue weighted by Crippen LogP contribution is 2.57. The van der Waals surface area contributed by atoms with E-state index in [2.05, 4.69) is 16.7 Å². The van der Waals surface area contributed by atoms with Gasteiger partial charge in [-0.2, -0.15) is 0 Å². The molecule has 3 fully saturated rings. The molecule has 0 aromatic carbocycles. The van der Waals surface area contributed by atoms with E-state index in [1.165, 1.54) is 12.8 Å². The van der Waals surface area contributed by atoms with Crippen LogP contribution in [0.1, 0.15) is 38.5 Å². The molecule has 50 heavy (non-hydrogen) atoms. The predicted octanol–water partition coefficient (Wildman–Crippen LogP) is -0.470. The number of carboxylic acid groups (broad SMARTS) is 4. The smallest absolute Gasteiger partial charge is 0.407 e. The minimum Gasteiger partial charge on any atom is -0.480 e. The quantitative estimate of drug-likeness (QED) is 0.0880. The van der Waals surface area contributed by atoms with Gasteiger partial charge in [0.2, 0.25) is 5.91 Å². The van der Waals surface area contributed by atoms with Gasteiger partial charge in [-0.25, -0.2) is 4.79 Å². The average Bonchev–Trinajstić information content (AvgIpc) is 3.93. The fourth-order valence-corrected chi connectivity index (χ4v) is 7.40. The van der Waals surface area contributed by atoms with Crippen molar-refractivity contribution in [1.82, 2.24) is 30.2 Å². The molecule has 4 rings (SSSR count). The summed E-state index contributed by atoms with van der Waals surface area (Å²) in [6, 6.07) is -1.11. The molecular formula is C33H52N6O11. The molecule has 2 saturated carbocycles. The first-order valence-electron chi connectivity index (χ1n) is 17.6. The van der Waals surface area contributed by atoms with Crippen LogP contribution >= 0.6 is 0 Å². The van der Waals surface area contributed by atoms with Gasteiger partial charge in [0.05, 0.1) is 26.2 Å². The Kier molecular flexibility index (Phi) is 14.8. The van der Waals surface area contributed by atoms with Gasteiger partial charge in [-0.05, 0) is 55.8 Å². The van der Waals surface area contributed by atoms with Gasteiger partial charge in [0.15, 0.2) is 0 Å². The molecule has 280 valence electrons. The van der Waals surface area contributed by atoms with Crippen molar-refractivity contribution in [1.29, 1.82) is 0 Å². The number of nitrogens with one attached hydrogen (secondary N) is 2. The molecular weight excluding hydrogens is 656 g/mol. The van der Waals surface area contributed by atoms with Crippen LogP contribution in [-0.2, 0) is 28.7 Å². The number of alkyl carbamates (subject to hydrolysis) is 1. The van der Waals surface area contributed by atoms with E-state index in [1.807, 2.05) is 0 Å². The number of hydrogen-bond donors (Lipinski definition) is 6. The lowest BCUT2D eigenvalue weighted by Crippen LogP contribution is -2.52. The number of carbonyl (C=O) groups excluding carboxylic acids is 2. The van der Waals surface area contributed by atoms with Crippen molar-refractivity contribution in [3.63, 3.8) is 0 Å². The van der Waals surface area contributed by atoms with E-state index in [9.17, 15) is 49.2 Å². The summed E-state index contributed by atoms with van der Waals surface area (Å²) in [6.45, 7) is 1.13. The highest BCUT2D eigenvalue weighted by Gasteiger charge is 2.51. The summed E-state index contributed by atoms with van der Waals surface area (Å²) in [7, 11) is 0. The van der Waals surface area contributed by atoms with Crippen molar-refractivity contribution in [2.45, 2.75) is 44.6 Å². The molecule has 5 atom stereocenters. The van der Waals surface area contributed by atoms with Crippen LogP contribution < -0.4 is 10.6 Å². The fourth-order valence-electron chi connectivity index (χ4n) is 7.40. The van der Waals surface area contributed by atoms with Crippen molar-refractivity contribution in [3.05, 3.63) is 11.6 Å². The Labute approximate surface area is 291 Å². The highest BCUT2D eigenvalue weighted by molar-refractivity contribution is 5.78. The van der Waals surface area contributed by atoms with Crippen LogP contribution in [0, 0.1) is 23.7 Å². The summed E-state index contributed by atoms with van der Waals surface area (Å²) >= 11 is 0. The van der Waals surface area contributed by atoms with E-state index < -0.39 is 41.9 Å². The van der Waals surface area contributed by atoms with E-state index in [-0.39, 0.29) is 97.9 Å². The molecule has 17 nitrogen and oxygen atoms in total. The maximum Gasteiger partial charge on any atom is 0.407 e. The second-order valence-corrected chi connectivity index (χ2v) is 13.8. The number of allylic oxidation sites excluding steroid dienone is 2. The van der Waals surface area contributed by atoms with Gasteiger partial charge in [-0.3, -0.25) is 43.6 Å². The minimum absolute atomic E-state index is 0.0529. The maximum absolute atomic E-state index is 12.6. The van der Waals surface area contributed by atoms with Crippen molar-refractivity contribution < 1.29 is 53.9 Å².